The van der Waals surface area contributed by atoms with E-state index < -0.39 is 0 Å². The molecule has 0 bridgehead atoms. The molecule has 0 saturated heterocycles. The minimum absolute atomic E-state index is 0.155. The molecule has 0 saturated carbocycles. The Hall–Kier alpha value is -2.89. The number of rotatable bonds is 5. The van der Waals surface area contributed by atoms with Gasteiger partial charge in [-0.25, -0.2) is 0 Å². The molecule has 6 heteroatoms. The summed E-state index contributed by atoms with van der Waals surface area (Å²) in [5.41, 5.74) is 0.783. The lowest BCUT2D eigenvalue weighted by Crippen LogP contribution is -2.07. The molecule has 6 nitrogen and oxygen atoms in total. The number of benzene rings is 2. The van der Waals surface area contributed by atoms with Crippen LogP contribution in [-0.2, 0) is 0 Å². The van der Waals surface area contributed by atoms with E-state index in [2.05, 4.69) is 0 Å². The monoisotopic (exact) mass is 316 g/mol. The van der Waals surface area contributed by atoms with Crippen LogP contribution in [0.3, 0.4) is 0 Å². The lowest BCUT2D eigenvalue weighted by Gasteiger charge is -2.14. The molecule has 3 rings (SSSR count). The maximum absolute atomic E-state index is 12.9. The average Bonchev–Trinajstić information content (AvgIpc) is 3.07. The van der Waals surface area contributed by atoms with E-state index in [9.17, 15) is 4.79 Å². The van der Waals surface area contributed by atoms with Crippen LogP contribution in [0.2, 0.25) is 0 Å². The molecule has 120 valence electrons. The molecule has 1 aliphatic heterocycles. The van der Waals surface area contributed by atoms with E-state index in [0.717, 1.165) is 0 Å². The summed E-state index contributed by atoms with van der Waals surface area (Å²) < 4.78 is 26.4. The second-order valence-corrected chi connectivity index (χ2v) is 4.80. The van der Waals surface area contributed by atoms with Crippen LogP contribution in [0.25, 0.3) is 0 Å². The molecule has 0 amide bonds. The molecule has 23 heavy (non-hydrogen) atoms. The van der Waals surface area contributed by atoms with Gasteiger partial charge in [-0.05, 0) is 18.2 Å². The molecule has 0 aliphatic carbocycles. The fraction of sp³-hybridized carbons (Fsp3) is 0.235. The standard InChI is InChI=1S/C17H16O6/c1-19-11-7-14(20-2)16(15(8-11)21-3)17(18)10-4-5-12-13(6-10)23-9-22-12/h4-8H,9H2,1-3H3. The third kappa shape index (κ3) is 2.63. The molecule has 0 aromatic heterocycles. The van der Waals surface area contributed by atoms with Crippen molar-refractivity contribution in [2.75, 3.05) is 28.1 Å². The lowest BCUT2D eigenvalue weighted by atomic mass is 10.0. The number of carbonyl (C=O) groups is 1. The van der Waals surface area contributed by atoms with Gasteiger partial charge in [0.25, 0.3) is 0 Å². The molecule has 0 atom stereocenters. The smallest absolute Gasteiger partial charge is 0.231 e. The van der Waals surface area contributed by atoms with E-state index in [-0.39, 0.29) is 12.6 Å². The van der Waals surface area contributed by atoms with Gasteiger partial charge in [0, 0.05) is 17.7 Å². The number of carbonyl (C=O) groups excluding carboxylic acids is 1. The van der Waals surface area contributed by atoms with Gasteiger partial charge in [-0.1, -0.05) is 0 Å². The van der Waals surface area contributed by atoms with Gasteiger partial charge in [-0.3, -0.25) is 4.79 Å². The Kier molecular flexibility index (Phi) is 3.97. The summed E-state index contributed by atoms with van der Waals surface area (Å²) in [5, 5.41) is 0. The van der Waals surface area contributed by atoms with Crippen molar-refractivity contribution < 1.29 is 28.5 Å². The highest BCUT2D eigenvalue weighted by Crippen LogP contribution is 2.38. The van der Waals surface area contributed by atoms with Crippen molar-refractivity contribution in [3.8, 4) is 28.7 Å². The van der Waals surface area contributed by atoms with Crippen molar-refractivity contribution in [2.24, 2.45) is 0 Å². The molecule has 0 N–H and O–H groups in total. The first-order valence-electron chi connectivity index (χ1n) is 6.92. The first kappa shape index (κ1) is 15.0. The summed E-state index contributed by atoms with van der Waals surface area (Å²) in [7, 11) is 4.52. The highest BCUT2D eigenvalue weighted by molar-refractivity contribution is 6.13. The van der Waals surface area contributed by atoms with Crippen LogP contribution in [-0.4, -0.2) is 33.9 Å². The number of hydrogen-bond donors (Lipinski definition) is 0. The third-order valence-corrected chi connectivity index (χ3v) is 3.58. The molecule has 2 aromatic carbocycles. The van der Waals surface area contributed by atoms with Crippen molar-refractivity contribution in [3.05, 3.63) is 41.5 Å². The van der Waals surface area contributed by atoms with E-state index in [0.29, 0.717) is 39.9 Å². The van der Waals surface area contributed by atoms with Crippen molar-refractivity contribution >= 4 is 5.78 Å². The van der Waals surface area contributed by atoms with E-state index in [1.165, 1.54) is 21.3 Å². The zero-order chi connectivity index (χ0) is 16.4. The Morgan fingerprint density at radius 2 is 1.57 bits per heavy atom. The van der Waals surface area contributed by atoms with E-state index >= 15 is 0 Å². The van der Waals surface area contributed by atoms with Gasteiger partial charge in [0.2, 0.25) is 12.6 Å². The number of ketones is 1. The predicted octanol–water partition coefficient (Wildman–Crippen LogP) is 2.67. The Morgan fingerprint density at radius 1 is 0.913 bits per heavy atom. The maximum Gasteiger partial charge on any atom is 0.231 e. The first-order chi connectivity index (χ1) is 11.2. The van der Waals surface area contributed by atoms with Crippen LogP contribution in [0.1, 0.15) is 15.9 Å². The van der Waals surface area contributed by atoms with Crippen LogP contribution in [0.4, 0.5) is 0 Å². The first-order valence-corrected chi connectivity index (χ1v) is 6.92. The minimum Gasteiger partial charge on any atom is -0.496 e. The lowest BCUT2D eigenvalue weighted by molar-refractivity contribution is 0.103. The largest absolute Gasteiger partial charge is 0.496 e. The van der Waals surface area contributed by atoms with Gasteiger partial charge in [-0.15, -0.1) is 0 Å². The number of hydrogen-bond acceptors (Lipinski definition) is 6. The molecule has 0 spiro atoms. The average molecular weight is 316 g/mol. The van der Waals surface area contributed by atoms with Gasteiger partial charge < -0.3 is 23.7 Å². The Labute approximate surface area is 133 Å². The van der Waals surface area contributed by atoms with Crippen molar-refractivity contribution in [2.45, 2.75) is 0 Å². The van der Waals surface area contributed by atoms with Crippen LogP contribution in [0.15, 0.2) is 30.3 Å². The fourth-order valence-electron chi connectivity index (χ4n) is 2.41. The van der Waals surface area contributed by atoms with Crippen LogP contribution >= 0.6 is 0 Å². The summed E-state index contributed by atoms with van der Waals surface area (Å²) in [6, 6.07) is 8.32. The maximum atomic E-state index is 12.9. The third-order valence-electron chi connectivity index (χ3n) is 3.58. The van der Waals surface area contributed by atoms with E-state index in [1.807, 2.05) is 0 Å². The van der Waals surface area contributed by atoms with Crippen LogP contribution in [0, 0.1) is 0 Å². The van der Waals surface area contributed by atoms with Crippen LogP contribution in [0.5, 0.6) is 28.7 Å². The fourth-order valence-corrected chi connectivity index (χ4v) is 2.41. The SMILES string of the molecule is COc1cc(OC)c(C(=O)c2ccc3c(c2)OCO3)c(OC)c1. The molecule has 1 heterocycles. The van der Waals surface area contributed by atoms with Crippen molar-refractivity contribution in [1.82, 2.24) is 0 Å². The number of fused-ring (bicyclic) bond motifs is 1. The van der Waals surface area contributed by atoms with Crippen molar-refractivity contribution in [3.63, 3.8) is 0 Å². The van der Waals surface area contributed by atoms with E-state index in [1.54, 1.807) is 30.3 Å². The molecule has 0 unspecified atom stereocenters. The minimum atomic E-state index is -0.236. The predicted molar refractivity (Wildman–Crippen MR) is 82.1 cm³/mol. The normalized spacial score (nSPS) is 12.0. The highest BCUT2D eigenvalue weighted by Gasteiger charge is 2.24. The topological polar surface area (TPSA) is 63.2 Å². The Bertz CT molecular complexity index is 728. The van der Waals surface area contributed by atoms with Gasteiger partial charge in [0.05, 0.1) is 21.3 Å². The van der Waals surface area contributed by atoms with E-state index in [4.69, 9.17) is 23.7 Å². The molecular formula is C17H16O6. The highest BCUT2D eigenvalue weighted by atomic mass is 16.7. The molecule has 0 fully saturated rings. The molecule has 1 aliphatic rings. The second kappa shape index (κ2) is 6.08. The van der Waals surface area contributed by atoms with Gasteiger partial charge in [0.1, 0.15) is 22.8 Å². The van der Waals surface area contributed by atoms with Crippen molar-refractivity contribution in [1.29, 1.82) is 0 Å². The van der Waals surface area contributed by atoms with Crippen LogP contribution < -0.4 is 23.7 Å². The second-order valence-electron chi connectivity index (χ2n) is 4.80. The van der Waals surface area contributed by atoms with Gasteiger partial charge in [-0.2, -0.15) is 0 Å². The number of methoxy groups -OCH3 is 3. The number of ether oxygens (including phenoxy) is 5. The zero-order valence-corrected chi connectivity index (χ0v) is 13.0. The summed E-state index contributed by atoms with van der Waals surface area (Å²) in [6.45, 7) is 0.155. The Balaban J connectivity index is 2.08. The van der Waals surface area contributed by atoms with Gasteiger partial charge >= 0.3 is 0 Å². The Morgan fingerprint density at radius 3 is 2.17 bits per heavy atom. The summed E-state index contributed by atoms with van der Waals surface area (Å²) in [5.74, 6) is 2.23. The summed E-state index contributed by atoms with van der Waals surface area (Å²) in [6.07, 6.45) is 0. The summed E-state index contributed by atoms with van der Waals surface area (Å²) >= 11 is 0. The molecular weight excluding hydrogens is 300 g/mol. The zero-order valence-electron chi connectivity index (χ0n) is 13.0. The molecule has 0 radical (unpaired) electrons. The molecule has 2 aromatic rings. The summed E-state index contributed by atoms with van der Waals surface area (Å²) in [4.78, 5) is 12.9. The quantitative estimate of drug-likeness (QED) is 0.790. The van der Waals surface area contributed by atoms with Gasteiger partial charge in [0.15, 0.2) is 11.5 Å².